The molecule has 0 aliphatic heterocycles. The number of ether oxygens (including phenoxy) is 1. The molecular weight excluding hydrogens is 476 g/mol. The number of sulfonamides is 1. The number of H-pyrrole nitrogens is 1. The van der Waals surface area contributed by atoms with Crippen molar-refractivity contribution in [1.82, 2.24) is 9.97 Å². The molecule has 0 spiro atoms. The van der Waals surface area contributed by atoms with E-state index in [0.717, 1.165) is 22.4 Å². The summed E-state index contributed by atoms with van der Waals surface area (Å²) in [6.07, 6.45) is 0. The molecule has 0 atom stereocenters. The lowest BCUT2D eigenvalue weighted by atomic mass is 10.1. The van der Waals surface area contributed by atoms with Crippen LogP contribution in [0.1, 0.15) is 10.4 Å². The molecule has 0 fully saturated rings. The van der Waals surface area contributed by atoms with E-state index < -0.39 is 10.0 Å². The maximum absolute atomic E-state index is 12.7. The number of rotatable bonds is 7. The molecule has 0 aliphatic rings. The van der Waals surface area contributed by atoms with E-state index in [2.05, 4.69) is 20.0 Å². The van der Waals surface area contributed by atoms with Gasteiger partial charge in [0.2, 0.25) is 0 Å². The van der Waals surface area contributed by atoms with E-state index in [1.165, 1.54) is 19.2 Å². The molecule has 0 saturated carbocycles. The van der Waals surface area contributed by atoms with Gasteiger partial charge in [0.05, 0.1) is 23.0 Å². The van der Waals surface area contributed by atoms with Crippen LogP contribution < -0.4 is 14.8 Å². The molecule has 5 aromatic rings. The minimum atomic E-state index is -3.77. The predicted octanol–water partition coefficient (Wildman–Crippen LogP) is 5.29. The number of nitrogens with one attached hydrogen (secondary N) is 3. The number of aromatic nitrogens is 2. The number of imidazole rings is 1. The smallest absolute Gasteiger partial charge is 0.261 e. The summed E-state index contributed by atoms with van der Waals surface area (Å²) in [5.74, 6) is 1.01. The molecule has 8 nitrogen and oxygen atoms in total. The molecule has 0 unspecified atom stereocenters. The third-order valence-corrected chi connectivity index (χ3v) is 6.97. The van der Waals surface area contributed by atoms with E-state index in [4.69, 9.17) is 4.74 Å². The third-order valence-electron chi connectivity index (χ3n) is 5.57. The van der Waals surface area contributed by atoms with E-state index in [-0.39, 0.29) is 10.8 Å². The second-order valence-corrected chi connectivity index (χ2v) is 9.67. The fourth-order valence-corrected chi connectivity index (χ4v) is 4.72. The first-order valence-electron chi connectivity index (χ1n) is 11.0. The number of para-hydroxylation sites is 2. The fraction of sp³-hybridized carbons (Fsp3) is 0.0370. The second-order valence-electron chi connectivity index (χ2n) is 7.99. The standard InChI is InChI=1S/C27H22N4O4S/c1-35-22-14-16-23(17-15-22)36(33,34)31-21-12-8-19(9-13-21)27(32)28-20-10-6-18(7-11-20)26-29-24-4-2-3-5-25(24)30-26/h2-17,31H,1H3,(H,28,32)(H,29,30). The Morgan fingerprint density at radius 1 is 0.833 bits per heavy atom. The largest absolute Gasteiger partial charge is 0.497 e. The van der Waals surface area contributed by atoms with Gasteiger partial charge in [-0.15, -0.1) is 0 Å². The third kappa shape index (κ3) is 4.91. The highest BCUT2D eigenvalue weighted by molar-refractivity contribution is 7.92. The highest BCUT2D eigenvalue weighted by Crippen LogP contribution is 2.23. The first-order chi connectivity index (χ1) is 17.4. The number of aromatic amines is 1. The average Bonchev–Trinajstić information content (AvgIpc) is 3.34. The van der Waals surface area contributed by atoms with Crippen molar-refractivity contribution in [3.8, 4) is 17.1 Å². The summed E-state index contributed by atoms with van der Waals surface area (Å²) >= 11 is 0. The van der Waals surface area contributed by atoms with Gasteiger partial charge in [-0.25, -0.2) is 13.4 Å². The molecule has 5 rings (SSSR count). The summed E-state index contributed by atoms with van der Waals surface area (Å²) < 4.78 is 32.8. The van der Waals surface area contributed by atoms with Gasteiger partial charge in [-0.2, -0.15) is 0 Å². The molecule has 0 saturated heterocycles. The first-order valence-corrected chi connectivity index (χ1v) is 12.5. The summed E-state index contributed by atoms with van der Waals surface area (Å²) in [6, 6.07) is 27.4. The Labute approximate surface area is 208 Å². The van der Waals surface area contributed by atoms with Crippen molar-refractivity contribution in [3.05, 3.63) is 103 Å². The number of benzene rings is 4. The molecule has 4 aromatic carbocycles. The van der Waals surface area contributed by atoms with Gasteiger partial charge in [0.25, 0.3) is 15.9 Å². The molecule has 1 amide bonds. The second kappa shape index (κ2) is 9.55. The van der Waals surface area contributed by atoms with E-state index in [1.807, 2.05) is 36.4 Å². The topological polar surface area (TPSA) is 113 Å². The number of anilines is 2. The summed E-state index contributed by atoms with van der Waals surface area (Å²) in [5, 5.41) is 2.85. The summed E-state index contributed by atoms with van der Waals surface area (Å²) in [5.41, 5.74) is 4.11. The number of nitrogens with zero attached hydrogens (tertiary/aromatic N) is 1. The fourth-order valence-electron chi connectivity index (χ4n) is 3.66. The Bertz CT molecular complexity index is 1590. The van der Waals surface area contributed by atoms with Crippen LogP contribution in [0.5, 0.6) is 5.75 Å². The van der Waals surface area contributed by atoms with E-state index >= 15 is 0 Å². The van der Waals surface area contributed by atoms with Crippen LogP contribution in [0.4, 0.5) is 11.4 Å². The monoisotopic (exact) mass is 498 g/mol. The molecule has 0 aliphatic carbocycles. The van der Waals surface area contributed by atoms with Crippen molar-refractivity contribution in [1.29, 1.82) is 0 Å². The molecule has 0 radical (unpaired) electrons. The Morgan fingerprint density at radius 2 is 1.50 bits per heavy atom. The number of fused-ring (bicyclic) bond motifs is 1. The van der Waals surface area contributed by atoms with Crippen LogP contribution in [0.15, 0.2) is 102 Å². The van der Waals surface area contributed by atoms with Crippen molar-refractivity contribution in [3.63, 3.8) is 0 Å². The highest BCUT2D eigenvalue weighted by Gasteiger charge is 2.15. The normalized spacial score (nSPS) is 11.2. The zero-order valence-corrected chi connectivity index (χ0v) is 20.0. The molecule has 180 valence electrons. The SMILES string of the molecule is COc1ccc(S(=O)(=O)Nc2ccc(C(=O)Nc3ccc(-c4nc5ccccc5[nH]4)cc3)cc2)cc1. The molecule has 36 heavy (non-hydrogen) atoms. The van der Waals surface area contributed by atoms with Gasteiger partial charge in [-0.05, 0) is 84.9 Å². The number of carbonyl (C=O) groups excluding carboxylic acids is 1. The van der Waals surface area contributed by atoms with E-state index in [1.54, 1.807) is 48.5 Å². The maximum Gasteiger partial charge on any atom is 0.261 e. The number of amides is 1. The van der Waals surface area contributed by atoms with Crippen molar-refractivity contribution in [2.75, 3.05) is 17.1 Å². The highest BCUT2D eigenvalue weighted by atomic mass is 32.2. The van der Waals surface area contributed by atoms with Crippen LogP contribution in [-0.4, -0.2) is 31.4 Å². The minimum absolute atomic E-state index is 0.108. The Hall–Kier alpha value is -4.63. The molecule has 1 aromatic heterocycles. The van der Waals surface area contributed by atoms with Crippen LogP contribution in [-0.2, 0) is 10.0 Å². The summed E-state index contributed by atoms with van der Waals surface area (Å²) in [6.45, 7) is 0. The number of hydrogen-bond donors (Lipinski definition) is 3. The molecular formula is C27H22N4O4S. The van der Waals surface area contributed by atoms with Crippen molar-refractivity contribution in [2.45, 2.75) is 4.90 Å². The van der Waals surface area contributed by atoms with Gasteiger partial charge in [0.15, 0.2) is 0 Å². The summed E-state index contributed by atoms with van der Waals surface area (Å²) in [7, 11) is -2.26. The molecule has 0 bridgehead atoms. The molecule has 3 N–H and O–H groups in total. The van der Waals surface area contributed by atoms with Gasteiger partial charge in [-0.3, -0.25) is 9.52 Å². The van der Waals surface area contributed by atoms with Gasteiger partial charge in [0, 0.05) is 22.5 Å². The Morgan fingerprint density at radius 3 is 2.17 bits per heavy atom. The Balaban J connectivity index is 1.24. The lowest BCUT2D eigenvalue weighted by molar-refractivity contribution is 0.102. The van der Waals surface area contributed by atoms with Crippen LogP contribution in [0.2, 0.25) is 0 Å². The molecule has 1 heterocycles. The lowest BCUT2D eigenvalue weighted by Gasteiger charge is -2.10. The minimum Gasteiger partial charge on any atom is -0.497 e. The van der Waals surface area contributed by atoms with Crippen LogP contribution in [0.3, 0.4) is 0 Å². The van der Waals surface area contributed by atoms with E-state index in [9.17, 15) is 13.2 Å². The van der Waals surface area contributed by atoms with Gasteiger partial charge in [0.1, 0.15) is 11.6 Å². The van der Waals surface area contributed by atoms with Gasteiger partial charge >= 0.3 is 0 Å². The van der Waals surface area contributed by atoms with E-state index in [0.29, 0.717) is 22.7 Å². The molecule has 9 heteroatoms. The quantitative estimate of drug-likeness (QED) is 0.282. The van der Waals surface area contributed by atoms with Gasteiger partial charge < -0.3 is 15.0 Å². The van der Waals surface area contributed by atoms with Crippen molar-refractivity contribution < 1.29 is 17.9 Å². The van der Waals surface area contributed by atoms with Crippen molar-refractivity contribution in [2.24, 2.45) is 0 Å². The average molecular weight is 499 g/mol. The number of carbonyl (C=O) groups is 1. The van der Waals surface area contributed by atoms with Crippen molar-refractivity contribution >= 4 is 38.3 Å². The Kier molecular flexibility index (Phi) is 6.14. The predicted molar refractivity (Wildman–Crippen MR) is 140 cm³/mol. The maximum atomic E-state index is 12.7. The zero-order valence-electron chi connectivity index (χ0n) is 19.2. The van der Waals surface area contributed by atoms with Crippen LogP contribution in [0, 0.1) is 0 Å². The number of hydrogen-bond acceptors (Lipinski definition) is 5. The first kappa shape index (κ1) is 23.1. The lowest BCUT2D eigenvalue weighted by Crippen LogP contribution is -2.14. The van der Waals surface area contributed by atoms with Gasteiger partial charge in [-0.1, -0.05) is 12.1 Å². The summed E-state index contributed by atoms with van der Waals surface area (Å²) in [4.78, 5) is 20.7. The number of methoxy groups -OCH3 is 1. The van der Waals surface area contributed by atoms with Crippen LogP contribution >= 0.6 is 0 Å². The van der Waals surface area contributed by atoms with Crippen LogP contribution in [0.25, 0.3) is 22.4 Å². The zero-order chi connectivity index (χ0) is 25.1.